The predicted octanol–water partition coefficient (Wildman–Crippen LogP) is 2.07. The zero-order chi connectivity index (χ0) is 20.9. The molecular formula is C21H24FNO5S. The number of halogens is 1. The zero-order valence-electron chi connectivity index (χ0n) is 15.9. The first-order chi connectivity index (χ1) is 13.9. The quantitative estimate of drug-likeness (QED) is 0.624. The number of aldehydes is 1. The van der Waals surface area contributed by atoms with Crippen molar-refractivity contribution in [1.29, 1.82) is 0 Å². The second-order valence-electron chi connectivity index (χ2n) is 7.20. The maximum Gasteiger partial charge on any atom is 0.153 e. The van der Waals surface area contributed by atoms with Crippen LogP contribution in [0.3, 0.4) is 0 Å². The van der Waals surface area contributed by atoms with Gasteiger partial charge >= 0.3 is 0 Å². The number of benzene rings is 2. The van der Waals surface area contributed by atoms with E-state index >= 15 is 0 Å². The number of aliphatic hydroxyl groups excluding tert-OH is 1. The molecule has 0 aromatic heterocycles. The number of nitrogens with zero attached hydrogens (tertiary/aromatic N) is 1. The van der Waals surface area contributed by atoms with Crippen LogP contribution in [0.5, 0.6) is 5.75 Å². The summed E-state index contributed by atoms with van der Waals surface area (Å²) in [5, 5.41) is 10.5. The highest BCUT2D eigenvalue weighted by Gasteiger charge is 2.33. The van der Waals surface area contributed by atoms with Gasteiger partial charge in [-0.15, -0.1) is 0 Å². The molecule has 2 unspecified atom stereocenters. The van der Waals surface area contributed by atoms with Gasteiger partial charge in [0.2, 0.25) is 0 Å². The van der Waals surface area contributed by atoms with Crippen molar-refractivity contribution in [3.8, 4) is 5.75 Å². The lowest BCUT2D eigenvalue weighted by molar-refractivity contribution is 0.0517. The van der Waals surface area contributed by atoms with Crippen molar-refractivity contribution in [2.45, 2.75) is 25.1 Å². The van der Waals surface area contributed by atoms with Gasteiger partial charge in [-0.1, -0.05) is 30.3 Å². The van der Waals surface area contributed by atoms with Gasteiger partial charge in [-0.3, -0.25) is 9.69 Å². The molecule has 0 amide bonds. The molecule has 2 atom stereocenters. The fourth-order valence-electron chi connectivity index (χ4n) is 3.47. The highest BCUT2D eigenvalue weighted by Crippen LogP contribution is 2.22. The zero-order valence-corrected chi connectivity index (χ0v) is 16.7. The Kier molecular flexibility index (Phi) is 7.00. The molecule has 1 fully saturated rings. The first-order valence-corrected chi connectivity index (χ1v) is 11.2. The third kappa shape index (κ3) is 5.85. The number of hydrogen-bond acceptors (Lipinski definition) is 6. The standard InChI is InChI=1S/C21H24FNO5S/c22-20-7-3-1-5-16(20)11-23(18-9-10-29(26,27)15-18)12-19(25)14-28-21-8-4-2-6-17(21)13-24/h1-8,13,18-19,25H,9-12,14-15H2. The van der Waals surface area contributed by atoms with E-state index in [1.807, 2.05) is 0 Å². The summed E-state index contributed by atoms with van der Waals surface area (Å²) in [5.74, 6) is 0.0722. The number of para-hydroxylation sites is 1. The summed E-state index contributed by atoms with van der Waals surface area (Å²) in [5.41, 5.74) is 0.820. The largest absolute Gasteiger partial charge is 0.490 e. The van der Waals surface area contributed by atoms with Gasteiger partial charge in [0.05, 0.1) is 17.1 Å². The normalized spacial score (nSPS) is 19.2. The molecule has 2 aromatic carbocycles. The average Bonchev–Trinajstić information content (AvgIpc) is 3.07. The van der Waals surface area contributed by atoms with Gasteiger partial charge in [-0.2, -0.15) is 0 Å². The Labute approximate surface area is 169 Å². The summed E-state index contributed by atoms with van der Waals surface area (Å²) < 4.78 is 43.5. The van der Waals surface area contributed by atoms with Crippen LogP contribution in [-0.4, -0.2) is 61.5 Å². The summed E-state index contributed by atoms with van der Waals surface area (Å²) in [6.45, 7) is 0.241. The molecular weight excluding hydrogens is 397 g/mol. The van der Waals surface area contributed by atoms with Crippen molar-refractivity contribution in [1.82, 2.24) is 4.90 Å². The monoisotopic (exact) mass is 421 g/mol. The fourth-order valence-corrected chi connectivity index (χ4v) is 5.23. The number of carbonyl (C=O) groups excluding carboxylic acids is 1. The van der Waals surface area contributed by atoms with Crippen molar-refractivity contribution in [2.24, 2.45) is 0 Å². The van der Waals surface area contributed by atoms with E-state index in [0.29, 0.717) is 29.6 Å². The van der Waals surface area contributed by atoms with Gasteiger partial charge in [-0.05, 0) is 24.6 Å². The molecule has 0 saturated carbocycles. The molecule has 1 heterocycles. The SMILES string of the molecule is O=Cc1ccccc1OCC(O)CN(Cc1ccccc1F)C1CCS(=O)(=O)C1. The van der Waals surface area contributed by atoms with Gasteiger partial charge in [-0.25, -0.2) is 12.8 Å². The molecule has 1 saturated heterocycles. The minimum Gasteiger partial charge on any atom is -0.490 e. The van der Waals surface area contributed by atoms with Crippen LogP contribution in [0.2, 0.25) is 0 Å². The lowest BCUT2D eigenvalue weighted by Crippen LogP contribution is -2.42. The third-order valence-corrected chi connectivity index (χ3v) is 6.73. The number of carbonyl (C=O) groups is 1. The van der Waals surface area contributed by atoms with Crippen LogP contribution in [0.4, 0.5) is 4.39 Å². The Balaban J connectivity index is 1.68. The first kappa shape index (κ1) is 21.4. The Morgan fingerprint density at radius 3 is 2.62 bits per heavy atom. The highest BCUT2D eigenvalue weighted by molar-refractivity contribution is 7.91. The molecule has 6 nitrogen and oxygen atoms in total. The van der Waals surface area contributed by atoms with Crippen molar-refractivity contribution in [3.63, 3.8) is 0 Å². The van der Waals surface area contributed by atoms with Gasteiger partial charge in [0.1, 0.15) is 24.3 Å². The minimum atomic E-state index is -3.13. The molecule has 8 heteroatoms. The smallest absolute Gasteiger partial charge is 0.153 e. The van der Waals surface area contributed by atoms with E-state index in [9.17, 15) is 22.7 Å². The Morgan fingerprint density at radius 2 is 1.93 bits per heavy atom. The molecule has 29 heavy (non-hydrogen) atoms. The summed E-state index contributed by atoms with van der Waals surface area (Å²) in [4.78, 5) is 12.9. The van der Waals surface area contributed by atoms with Gasteiger partial charge in [0.25, 0.3) is 0 Å². The number of hydrogen-bond donors (Lipinski definition) is 1. The maximum absolute atomic E-state index is 14.1. The van der Waals surface area contributed by atoms with E-state index < -0.39 is 15.9 Å². The van der Waals surface area contributed by atoms with Gasteiger partial charge in [0.15, 0.2) is 16.1 Å². The number of aliphatic hydroxyl groups is 1. The van der Waals surface area contributed by atoms with Crippen LogP contribution in [0.1, 0.15) is 22.3 Å². The lowest BCUT2D eigenvalue weighted by atomic mass is 10.1. The van der Waals surface area contributed by atoms with Crippen LogP contribution in [-0.2, 0) is 16.4 Å². The molecule has 1 aliphatic heterocycles. The topological polar surface area (TPSA) is 83.9 Å². The molecule has 0 bridgehead atoms. The van der Waals surface area contributed by atoms with E-state index in [1.54, 1.807) is 47.4 Å². The average molecular weight is 421 g/mol. The van der Waals surface area contributed by atoms with E-state index in [2.05, 4.69) is 0 Å². The molecule has 2 aromatic rings. The number of sulfone groups is 1. The highest BCUT2D eigenvalue weighted by atomic mass is 32.2. The van der Waals surface area contributed by atoms with E-state index in [0.717, 1.165) is 0 Å². The maximum atomic E-state index is 14.1. The van der Waals surface area contributed by atoms with Crippen molar-refractivity contribution >= 4 is 16.1 Å². The predicted molar refractivity (Wildman–Crippen MR) is 107 cm³/mol. The second-order valence-corrected chi connectivity index (χ2v) is 9.43. The van der Waals surface area contributed by atoms with Crippen LogP contribution < -0.4 is 4.74 Å². The number of rotatable bonds is 9. The number of ether oxygens (including phenoxy) is 1. The molecule has 1 aliphatic rings. The minimum absolute atomic E-state index is 0.0109. The van der Waals surface area contributed by atoms with Crippen LogP contribution >= 0.6 is 0 Å². The lowest BCUT2D eigenvalue weighted by Gasteiger charge is -2.30. The molecule has 3 rings (SSSR count). The van der Waals surface area contributed by atoms with Crippen molar-refractivity contribution < 1.29 is 27.4 Å². The summed E-state index contributed by atoms with van der Waals surface area (Å²) in [6, 6.07) is 12.7. The summed E-state index contributed by atoms with van der Waals surface area (Å²) >= 11 is 0. The molecule has 0 radical (unpaired) electrons. The first-order valence-electron chi connectivity index (χ1n) is 9.41. The third-order valence-electron chi connectivity index (χ3n) is 4.98. The van der Waals surface area contributed by atoms with Crippen LogP contribution in [0.15, 0.2) is 48.5 Å². The summed E-state index contributed by atoms with van der Waals surface area (Å²) in [7, 11) is -3.13. The molecule has 0 aliphatic carbocycles. The Bertz CT molecular complexity index is 950. The van der Waals surface area contributed by atoms with Crippen molar-refractivity contribution in [2.75, 3.05) is 24.7 Å². The van der Waals surface area contributed by atoms with E-state index in [-0.39, 0.29) is 43.1 Å². The van der Waals surface area contributed by atoms with Crippen LogP contribution in [0, 0.1) is 5.82 Å². The molecule has 156 valence electrons. The fraction of sp³-hybridized carbons (Fsp3) is 0.381. The second kappa shape index (κ2) is 9.47. The Hall–Kier alpha value is -2.29. The summed E-state index contributed by atoms with van der Waals surface area (Å²) in [6.07, 6.45) is 0.179. The van der Waals surface area contributed by atoms with Crippen molar-refractivity contribution in [3.05, 3.63) is 65.5 Å². The van der Waals surface area contributed by atoms with E-state index in [1.165, 1.54) is 6.07 Å². The van der Waals surface area contributed by atoms with Gasteiger partial charge < -0.3 is 9.84 Å². The van der Waals surface area contributed by atoms with Gasteiger partial charge in [0, 0.05) is 24.7 Å². The van der Waals surface area contributed by atoms with Crippen LogP contribution in [0.25, 0.3) is 0 Å². The molecule has 1 N–H and O–H groups in total. The molecule has 0 spiro atoms. The Morgan fingerprint density at radius 1 is 1.21 bits per heavy atom. The van der Waals surface area contributed by atoms with E-state index in [4.69, 9.17) is 4.74 Å².